The van der Waals surface area contributed by atoms with Crippen molar-refractivity contribution in [3.05, 3.63) is 59.4 Å². The van der Waals surface area contributed by atoms with Gasteiger partial charge in [0.2, 0.25) is 11.8 Å². The molecule has 2 fully saturated rings. The third kappa shape index (κ3) is 5.25. The topological polar surface area (TPSA) is 88.4 Å². The smallest absolute Gasteiger partial charge is 0.232 e. The Morgan fingerprint density at radius 3 is 2.29 bits per heavy atom. The first-order chi connectivity index (χ1) is 16.3. The summed E-state index contributed by atoms with van der Waals surface area (Å²) in [6.45, 7) is 2.22. The van der Waals surface area contributed by atoms with Crippen molar-refractivity contribution in [2.24, 2.45) is 5.73 Å². The first-order valence-electron chi connectivity index (χ1n) is 11.2. The standard InChI is InChI=1S/C18H14F3N.C7H12N2O3/c19-12-6-4-11(5-7-12)17-16(10-2-1-3-10)14-8-13(20)9-15(21)18(14)22-17;8-6(10)5-7(11)9-1-3-12-4-2-9/h4-10,22H,1-3H2;1-5H2,(H2,8,10). The third-order valence-corrected chi connectivity index (χ3v) is 6.20. The predicted octanol–water partition coefficient (Wildman–Crippen LogP) is 4.24. The number of carbonyl (C=O) groups is 2. The molecule has 34 heavy (non-hydrogen) atoms. The van der Waals surface area contributed by atoms with Gasteiger partial charge in [-0.1, -0.05) is 6.42 Å². The number of fused-ring (bicyclic) bond motifs is 1. The van der Waals surface area contributed by atoms with Gasteiger partial charge in [0.25, 0.3) is 0 Å². The second-order valence-corrected chi connectivity index (χ2v) is 8.49. The zero-order valence-electron chi connectivity index (χ0n) is 18.6. The van der Waals surface area contributed by atoms with Gasteiger partial charge in [-0.25, -0.2) is 13.2 Å². The van der Waals surface area contributed by atoms with E-state index in [4.69, 9.17) is 10.5 Å². The number of primary amides is 1. The molecule has 5 rings (SSSR count). The molecule has 0 bridgehead atoms. The minimum Gasteiger partial charge on any atom is -0.378 e. The molecule has 1 saturated carbocycles. The van der Waals surface area contributed by atoms with Crippen LogP contribution in [0.2, 0.25) is 0 Å². The Morgan fingerprint density at radius 2 is 1.71 bits per heavy atom. The van der Waals surface area contributed by atoms with Crippen molar-refractivity contribution >= 4 is 22.7 Å². The maximum Gasteiger partial charge on any atom is 0.232 e. The number of aromatic nitrogens is 1. The molecule has 1 aromatic heterocycles. The van der Waals surface area contributed by atoms with E-state index in [2.05, 4.69) is 4.98 Å². The minimum absolute atomic E-state index is 0.194. The third-order valence-electron chi connectivity index (χ3n) is 6.20. The monoisotopic (exact) mass is 473 g/mol. The normalized spacial score (nSPS) is 16.0. The van der Waals surface area contributed by atoms with Crippen LogP contribution in [0.3, 0.4) is 0 Å². The molecule has 0 atom stereocenters. The number of nitrogens with two attached hydrogens (primary N) is 1. The van der Waals surface area contributed by atoms with E-state index < -0.39 is 17.5 Å². The predicted molar refractivity (Wildman–Crippen MR) is 121 cm³/mol. The molecular formula is C25H26F3N3O3. The second-order valence-electron chi connectivity index (χ2n) is 8.49. The van der Waals surface area contributed by atoms with E-state index in [9.17, 15) is 22.8 Å². The van der Waals surface area contributed by atoms with E-state index in [0.717, 1.165) is 42.1 Å². The number of ether oxygens (including phenoxy) is 1. The van der Waals surface area contributed by atoms with Gasteiger partial charge in [0.05, 0.1) is 24.4 Å². The van der Waals surface area contributed by atoms with Crippen molar-refractivity contribution in [3.8, 4) is 11.3 Å². The quantitative estimate of drug-likeness (QED) is 0.556. The first kappa shape index (κ1) is 23.8. The molecule has 2 aromatic carbocycles. The SMILES string of the molecule is Fc1ccc(-c2[nH]c3c(F)cc(F)cc3c2C2CCC2)cc1.NC(=O)CC(=O)N1CCOCC1. The zero-order chi connectivity index (χ0) is 24.2. The molecule has 180 valence electrons. The summed E-state index contributed by atoms with van der Waals surface area (Å²) < 4.78 is 45.9. The van der Waals surface area contributed by atoms with E-state index in [0.29, 0.717) is 43.1 Å². The van der Waals surface area contributed by atoms with Crippen molar-refractivity contribution in [2.45, 2.75) is 31.6 Å². The van der Waals surface area contributed by atoms with Crippen LogP contribution in [0.5, 0.6) is 0 Å². The minimum atomic E-state index is -0.594. The molecule has 0 radical (unpaired) electrons. The molecule has 0 unspecified atom stereocenters. The lowest BCUT2D eigenvalue weighted by atomic mass is 9.78. The van der Waals surface area contributed by atoms with Crippen molar-refractivity contribution in [1.29, 1.82) is 0 Å². The van der Waals surface area contributed by atoms with Crippen LogP contribution in [0.25, 0.3) is 22.2 Å². The summed E-state index contributed by atoms with van der Waals surface area (Å²) >= 11 is 0. The number of hydrogen-bond acceptors (Lipinski definition) is 3. The van der Waals surface area contributed by atoms with Crippen LogP contribution in [-0.2, 0) is 14.3 Å². The number of carbonyl (C=O) groups excluding carboxylic acids is 2. The molecule has 1 aliphatic heterocycles. The van der Waals surface area contributed by atoms with Crippen LogP contribution in [0, 0.1) is 17.5 Å². The van der Waals surface area contributed by atoms with E-state index in [1.807, 2.05) is 0 Å². The van der Waals surface area contributed by atoms with Gasteiger partial charge in [0, 0.05) is 24.5 Å². The van der Waals surface area contributed by atoms with Crippen LogP contribution in [0.15, 0.2) is 36.4 Å². The van der Waals surface area contributed by atoms with E-state index >= 15 is 0 Å². The highest BCUT2D eigenvalue weighted by molar-refractivity contribution is 5.96. The number of H-pyrrole nitrogens is 1. The fourth-order valence-corrected chi connectivity index (χ4v) is 4.28. The number of rotatable bonds is 4. The molecule has 1 aliphatic carbocycles. The van der Waals surface area contributed by atoms with Crippen LogP contribution in [0.1, 0.15) is 37.2 Å². The Hall–Kier alpha value is -3.33. The van der Waals surface area contributed by atoms with E-state index in [-0.39, 0.29) is 18.1 Å². The highest BCUT2D eigenvalue weighted by Crippen LogP contribution is 2.45. The second kappa shape index (κ2) is 10.3. The zero-order valence-corrected chi connectivity index (χ0v) is 18.6. The fourth-order valence-electron chi connectivity index (χ4n) is 4.28. The number of benzene rings is 2. The summed E-state index contributed by atoms with van der Waals surface area (Å²) in [6, 6.07) is 8.35. The number of aromatic amines is 1. The molecule has 3 aromatic rings. The Balaban J connectivity index is 0.000000195. The lowest BCUT2D eigenvalue weighted by Crippen LogP contribution is -2.42. The summed E-state index contributed by atoms with van der Waals surface area (Å²) in [5.41, 5.74) is 7.71. The van der Waals surface area contributed by atoms with Gasteiger partial charge in [0.15, 0.2) is 0 Å². The lowest BCUT2D eigenvalue weighted by Gasteiger charge is -2.26. The first-order valence-corrected chi connectivity index (χ1v) is 11.2. The van der Waals surface area contributed by atoms with Crippen molar-refractivity contribution in [2.75, 3.05) is 26.3 Å². The number of hydrogen-bond donors (Lipinski definition) is 2. The average molecular weight is 473 g/mol. The van der Waals surface area contributed by atoms with Gasteiger partial charge in [-0.15, -0.1) is 0 Å². The molecule has 2 heterocycles. The molecule has 3 N–H and O–H groups in total. The maximum absolute atomic E-state index is 14.1. The molecule has 2 amide bonds. The van der Waals surface area contributed by atoms with E-state index in [1.165, 1.54) is 18.2 Å². The van der Waals surface area contributed by atoms with Crippen LogP contribution in [-0.4, -0.2) is 48.0 Å². The average Bonchev–Trinajstić information content (AvgIpc) is 3.13. The number of halogens is 3. The van der Waals surface area contributed by atoms with Gasteiger partial charge < -0.3 is 20.4 Å². The van der Waals surface area contributed by atoms with Gasteiger partial charge in [-0.05, 0) is 60.2 Å². The molecule has 0 spiro atoms. The van der Waals surface area contributed by atoms with Crippen LogP contribution >= 0.6 is 0 Å². The highest BCUT2D eigenvalue weighted by Gasteiger charge is 2.28. The van der Waals surface area contributed by atoms with Gasteiger partial charge >= 0.3 is 0 Å². The van der Waals surface area contributed by atoms with Crippen molar-refractivity contribution < 1.29 is 27.5 Å². The van der Waals surface area contributed by atoms with Gasteiger partial charge in [0.1, 0.15) is 23.9 Å². The van der Waals surface area contributed by atoms with Gasteiger partial charge in [-0.2, -0.15) is 0 Å². The summed E-state index contributed by atoms with van der Waals surface area (Å²) in [5.74, 6) is -1.96. The molecule has 2 aliphatic rings. The lowest BCUT2D eigenvalue weighted by molar-refractivity contribution is -0.138. The summed E-state index contributed by atoms with van der Waals surface area (Å²) in [4.78, 5) is 26.2. The Labute approximate surface area is 194 Å². The summed E-state index contributed by atoms with van der Waals surface area (Å²) in [7, 11) is 0. The Kier molecular flexibility index (Phi) is 7.21. The van der Waals surface area contributed by atoms with Crippen molar-refractivity contribution in [3.63, 3.8) is 0 Å². The van der Waals surface area contributed by atoms with Crippen LogP contribution < -0.4 is 5.73 Å². The highest BCUT2D eigenvalue weighted by atomic mass is 19.1. The van der Waals surface area contributed by atoms with Gasteiger partial charge in [-0.3, -0.25) is 9.59 Å². The summed E-state index contributed by atoms with van der Waals surface area (Å²) in [5, 5.41) is 0.599. The molecule has 6 nitrogen and oxygen atoms in total. The number of morpholine rings is 1. The number of nitrogens with zero attached hydrogens (tertiary/aromatic N) is 1. The number of nitrogens with one attached hydrogen (secondary N) is 1. The number of amides is 2. The molecule has 9 heteroatoms. The molecular weight excluding hydrogens is 447 g/mol. The van der Waals surface area contributed by atoms with E-state index in [1.54, 1.807) is 17.0 Å². The summed E-state index contributed by atoms with van der Waals surface area (Å²) in [6.07, 6.45) is 2.95. The van der Waals surface area contributed by atoms with Crippen LogP contribution in [0.4, 0.5) is 13.2 Å². The fraction of sp³-hybridized carbons (Fsp3) is 0.360. The molecule has 1 saturated heterocycles. The Morgan fingerprint density at radius 1 is 1.03 bits per heavy atom. The largest absolute Gasteiger partial charge is 0.378 e. The van der Waals surface area contributed by atoms with Crippen molar-refractivity contribution in [1.82, 2.24) is 9.88 Å². The maximum atomic E-state index is 14.1. The Bertz CT molecular complexity index is 1180.